The van der Waals surface area contributed by atoms with Crippen LogP contribution in [0.25, 0.3) is 10.9 Å². The number of nitrogens with one attached hydrogen (secondary N) is 2. The first-order valence-corrected chi connectivity index (χ1v) is 10.9. The first kappa shape index (κ1) is 24.1. The van der Waals surface area contributed by atoms with Crippen LogP contribution in [-0.2, 0) is 0 Å². The quantitative estimate of drug-likeness (QED) is 0.483. The minimum atomic E-state index is -0.737. The second-order valence-electron chi connectivity index (χ2n) is 7.45. The predicted octanol–water partition coefficient (Wildman–Crippen LogP) is 4.58. The number of thiocarbonyl (C=S) groups is 1. The van der Waals surface area contributed by atoms with E-state index < -0.39 is 23.7 Å². The lowest BCUT2D eigenvalue weighted by atomic mass is 10.1. The van der Waals surface area contributed by atoms with Gasteiger partial charge in [-0.1, -0.05) is 18.2 Å². The maximum atomic E-state index is 14.8. The van der Waals surface area contributed by atoms with Crippen LogP contribution in [0.2, 0.25) is 0 Å². The Morgan fingerprint density at radius 3 is 2.54 bits per heavy atom. The van der Waals surface area contributed by atoms with E-state index in [2.05, 4.69) is 15.6 Å². The molecule has 4 rings (SSSR count). The largest absolute Gasteiger partial charge is 0.493 e. The van der Waals surface area contributed by atoms with Gasteiger partial charge in [0.25, 0.3) is 5.91 Å². The van der Waals surface area contributed by atoms with Gasteiger partial charge in [0.15, 0.2) is 16.6 Å². The minimum absolute atomic E-state index is 0.0784. The monoisotopic (exact) mass is 497 g/mol. The zero-order valence-electron chi connectivity index (χ0n) is 18.8. The van der Waals surface area contributed by atoms with Gasteiger partial charge in [0.1, 0.15) is 23.5 Å². The summed E-state index contributed by atoms with van der Waals surface area (Å²) in [7, 11) is 3.07. The van der Waals surface area contributed by atoms with Crippen LogP contribution in [0.4, 0.5) is 8.78 Å². The zero-order valence-corrected chi connectivity index (χ0v) is 19.6. The Balaban J connectivity index is 1.43. The van der Waals surface area contributed by atoms with Crippen LogP contribution in [0.5, 0.6) is 17.2 Å². The summed E-state index contributed by atoms with van der Waals surface area (Å²) in [5, 5.41) is 5.50. The molecule has 1 aromatic heterocycles. The number of hydrogen-bond acceptors (Lipinski definition) is 6. The third-order valence-electron chi connectivity index (χ3n) is 5.22. The van der Waals surface area contributed by atoms with Gasteiger partial charge in [-0.2, -0.15) is 0 Å². The number of carbonyl (C=O) groups is 1. The highest BCUT2D eigenvalue weighted by Gasteiger charge is 2.21. The van der Waals surface area contributed by atoms with E-state index in [0.29, 0.717) is 34.6 Å². The van der Waals surface area contributed by atoms with Crippen LogP contribution >= 0.6 is 12.2 Å². The van der Waals surface area contributed by atoms with Crippen molar-refractivity contribution in [1.29, 1.82) is 0 Å². The topological polar surface area (TPSA) is 81.7 Å². The highest BCUT2D eigenvalue weighted by atomic mass is 32.1. The summed E-state index contributed by atoms with van der Waals surface area (Å²) in [5.41, 5.74) is 0.543. The summed E-state index contributed by atoms with van der Waals surface area (Å²) in [6.45, 7) is 0. The molecule has 1 amide bonds. The van der Waals surface area contributed by atoms with E-state index in [-0.39, 0.29) is 16.4 Å². The Labute approximate surface area is 205 Å². The third kappa shape index (κ3) is 5.38. The SMILES string of the molecule is COc1cc2nccc(OC3C=C(F)C(NC(=S)NC(=O)c4ccccc4F)=CC3)c2cc1OC. The van der Waals surface area contributed by atoms with E-state index in [9.17, 15) is 13.6 Å². The lowest BCUT2D eigenvalue weighted by molar-refractivity contribution is 0.0973. The molecule has 35 heavy (non-hydrogen) atoms. The average Bonchev–Trinajstić information content (AvgIpc) is 2.85. The predicted molar refractivity (Wildman–Crippen MR) is 131 cm³/mol. The van der Waals surface area contributed by atoms with Crippen molar-refractivity contribution in [3.63, 3.8) is 0 Å². The van der Waals surface area contributed by atoms with Crippen molar-refractivity contribution in [2.45, 2.75) is 12.5 Å². The summed E-state index contributed by atoms with van der Waals surface area (Å²) in [6.07, 6.45) is 4.19. The molecule has 0 radical (unpaired) electrons. The lowest BCUT2D eigenvalue weighted by Crippen LogP contribution is -2.39. The van der Waals surface area contributed by atoms with Crippen molar-refractivity contribution in [1.82, 2.24) is 15.6 Å². The fourth-order valence-electron chi connectivity index (χ4n) is 3.53. The maximum absolute atomic E-state index is 14.8. The molecule has 0 bridgehead atoms. The van der Waals surface area contributed by atoms with Crippen LogP contribution in [0.15, 0.2) is 72.3 Å². The highest BCUT2D eigenvalue weighted by molar-refractivity contribution is 7.80. The molecule has 0 fully saturated rings. The molecule has 10 heteroatoms. The van der Waals surface area contributed by atoms with E-state index in [1.165, 1.54) is 38.5 Å². The molecule has 2 N–H and O–H groups in total. The number of halogens is 2. The number of benzene rings is 2. The van der Waals surface area contributed by atoms with Crippen LogP contribution in [0, 0.1) is 5.82 Å². The van der Waals surface area contributed by atoms with Crippen LogP contribution < -0.4 is 24.8 Å². The summed E-state index contributed by atoms with van der Waals surface area (Å²) >= 11 is 5.08. The van der Waals surface area contributed by atoms with E-state index in [1.807, 2.05) is 0 Å². The summed E-state index contributed by atoms with van der Waals surface area (Å²) in [4.78, 5) is 16.5. The van der Waals surface area contributed by atoms with E-state index in [0.717, 1.165) is 6.07 Å². The number of fused-ring (bicyclic) bond motifs is 1. The molecule has 1 unspecified atom stereocenters. The molecule has 1 heterocycles. The number of carbonyl (C=O) groups excluding carboxylic acids is 1. The molecule has 1 atom stereocenters. The molecule has 1 aliphatic rings. The molecular formula is C25H21F2N3O4S. The number of allylic oxidation sites excluding steroid dienone is 1. The fraction of sp³-hybridized carbons (Fsp3) is 0.160. The van der Waals surface area contributed by atoms with Gasteiger partial charge in [0.2, 0.25) is 0 Å². The number of rotatable bonds is 6. The third-order valence-corrected chi connectivity index (χ3v) is 5.43. The second-order valence-corrected chi connectivity index (χ2v) is 7.85. The molecule has 2 aromatic carbocycles. The standard InChI is InChI=1S/C25H21F2N3O4S/c1-32-22-12-16-20(13-23(22)33-2)28-10-9-21(16)34-14-7-8-19(18(27)11-14)29-25(35)30-24(31)15-5-3-4-6-17(15)26/h3-6,8-14H,7H2,1-2H3,(H2,29,30,31,35). The number of nitrogens with zero attached hydrogens (tertiary/aromatic N) is 1. The Morgan fingerprint density at radius 2 is 1.83 bits per heavy atom. The molecule has 0 saturated heterocycles. The maximum Gasteiger partial charge on any atom is 0.260 e. The zero-order chi connectivity index (χ0) is 24.9. The van der Waals surface area contributed by atoms with Crippen LogP contribution in [0.1, 0.15) is 16.8 Å². The lowest BCUT2D eigenvalue weighted by Gasteiger charge is -2.21. The van der Waals surface area contributed by atoms with Crippen LogP contribution in [0.3, 0.4) is 0 Å². The number of pyridine rings is 1. The highest BCUT2D eigenvalue weighted by Crippen LogP contribution is 2.36. The van der Waals surface area contributed by atoms with E-state index in [4.69, 9.17) is 26.4 Å². The normalized spacial score (nSPS) is 15.0. The fourth-order valence-corrected chi connectivity index (χ4v) is 3.73. The minimum Gasteiger partial charge on any atom is -0.493 e. The molecule has 1 aliphatic carbocycles. The van der Waals surface area contributed by atoms with Crippen molar-refractivity contribution in [3.8, 4) is 17.2 Å². The molecule has 0 spiro atoms. The summed E-state index contributed by atoms with van der Waals surface area (Å²) in [5.74, 6) is -0.482. The summed E-state index contributed by atoms with van der Waals surface area (Å²) in [6, 6.07) is 10.6. The Kier molecular flexibility index (Phi) is 7.21. The number of amides is 1. The molecule has 3 aromatic rings. The van der Waals surface area contributed by atoms with Gasteiger partial charge in [0.05, 0.1) is 31.0 Å². The Bertz CT molecular complexity index is 1360. The Hall–Kier alpha value is -4.05. The smallest absolute Gasteiger partial charge is 0.260 e. The molecule has 7 nitrogen and oxygen atoms in total. The van der Waals surface area contributed by atoms with Crippen molar-refractivity contribution < 1.29 is 27.8 Å². The number of aromatic nitrogens is 1. The van der Waals surface area contributed by atoms with Gasteiger partial charge in [-0.25, -0.2) is 8.78 Å². The second kappa shape index (κ2) is 10.5. The van der Waals surface area contributed by atoms with Gasteiger partial charge in [0, 0.05) is 24.1 Å². The van der Waals surface area contributed by atoms with Crippen molar-refractivity contribution in [2.24, 2.45) is 0 Å². The van der Waals surface area contributed by atoms with Gasteiger partial charge >= 0.3 is 0 Å². The first-order chi connectivity index (χ1) is 16.9. The van der Waals surface area contributed by atoms with Gasteiger partial charge in [-0.05, 0) is 42.6 Å². The van der Waals surface area contributed by atoms with Gasteiger partial charge < -0.3 is 19.5 Å². The van der Waals surface area contributed by atoms with Crippen molar-refractivity contribution in [3.05, 3.63) is 83.7 Å². The number of hydrogen-bond donors (Lipinski definition) is 2. The number of methoxy groups -OCH3 is 2. The van der Waals surface area contributed by atoms with E-state index >= 15 is 0 Å². The van der Waals surface area contributed by atoms with Gasteiger partial charge in [-0.3, -0.25) is 15.1 Å². The average molecular weight is 498 g/mol. The summed E-state index contributed by atoms with van der Waals surface area (Å²) < 4.78 is 45.3. The molecular weight excluding hydrogens is 476 g/mol. The van der Waals surface area contributed by atoms with Crippen molar-refractivity contribution in [2.75, 3.05) is 14.2 Å². The molecule has 0 saturated carbocycles. The van der Waals surface area contributed by atoms with Crippen LogP contribution in [-0.4, -0.2) is 36.3 Å². The molecule has 180 valence electrons. The molecule has 0 aliphatic heterocycles. The van der Waals surface area contributed by atoms with Crippen molar-refractivity contribution >= 4 is 34.1 Å². The van der Waals surface area contributed by atoms with E-state index in [1.54, 1.807) is 30.5 Å². The van der Waals surface area contributed by atoms with Gasteiger partial charge in [-0.15, -0.1) is 0 Å². The first-order valence-electron chi connectivity index (χ1n) is 10.5. The number of ether oxygens (including phenoxy) is 3. The Morgan fingerprint density at radius 1 is 1.09 bits per heavy atom.